The number of nitrogens with zero attached hydrogens (tertiary/aromatic N) is 1. The molecule has 0 spiro atoms. The molecule has 11 nitrogen and oxygen atoms in total. The van der Waals surface area contributed by atoms with E-state index in [4.69, 9.17) is 16.2 Å². The number of nitrogens with two attached hydrogens (primary N) is 1. The lowest BCUT2D eigenvalue weighted by Gasteiger charge is -2.11. The molecule has 32 heavy (non-hydrogen) atoms. The van der Waals surface area contributed by atoms with Crippen LogP contribution in [0.3, 0.4) is 0 Å². The fraction of sp³-hybridized carbons (Fsp3) is 0.238. The molecule has 0 atom stereocenters. The Balaban J connectivity index is 1.80. The van der Waals surface area contributed by atoms with E-state index in [1.807, 2.05) is 13.8 Å². The van der Waals surface area contributed by atoms with Gasteiger partial charge in [0.25, 0.3) is 5.91 Å². The maximum atomic E-state index is 13.0. The van der Waals surface area contributed by atoms with Crippen molar-refractivity contribution in [3.05, 3.63) is 47.9 Å². The SMILES string of the molecule is CC(C)Cn1cc(NC(=O)CNC(=N)N)cc1C(=O)Nc1ccc2cc(C(=O)O)[nH]c2c1. The fourth-order valence-electron chi connectivity index (χ4n) is 3.21. The topological polar surface area (TPSA) is 178 Å². The van der Waals surface area contributed by atoms with Crippen LogP contribution in [-0.4, -0.2) is 44.9 Å². The molecule has 0 aliphatic heterocycles. The molecule has 0 radical (unpaired) electrons. The molecule has 0 aliphatic carbocycles. The van der Waals surface area contributed by atoms with Crippen LogP contribution >= 0.6 is 0 Å². The van der Waals surface area contributed by atoms with Crippen molar-refractivity contribution in [2.45, 2.75) is 20.4 Å². The Hall–Kier alpha value is -4.28. The number of hydrogen-bond acceptors (Lipinski definition) is 4. The first kappa shape index (κ1) is 22.4. The van der Waals surface area contributed by atoms with E-state index in [-0.39, 0.29) is 30.0 Å². The van der Waals surface area contributed by atoms with Gasteiger partial charge in [-0.2, -0.15) is 0 Å². The molecule has 1 aromatic carbocycles. The maximum absolute atomic E-state index is 13.0. The summed E-state index contributed by atoms with van der Waals surface area (Å²) in [6, 6.07) is 8.15. The predicted molar refractivity (Wildman–Crippen MR) is 121 cm³/mol. The molecule has 0 aliphatic rings. The molecule has 3 aromatic rings. The lowest BCUT2D eigenvalue weighted by molar-refractivity contribution is -0.115. The molecule has 0 saturated carbocycles. The van der Waals surface area contributed by atoms with E-state index in [0.717, 1.165) is 0 Å². The summed E-state index contributed by atoms with van der Waals surface area (Å²) >= 11 is 0. The number of amides is 2. The minimum atomic E-state index is -1.06. The van der Waals surface area contributed by atoms with Gasteiger partial charge >= 0.3 is 5.97 Å². The number of aromatic amines is 1. The highest BCUT2D eigenvalue weighted by molar-refractivity contribution is 6.06. The standard InChI is InChI=1S/C21H25N7O4/c1-11(2)9-28-10-14(25-18(29)8-24-21(22)23)7-17(28)19(30)26-13-4-3-12-5-16(20(31)32)27-15(12)6-13/h3-7,10-11,27H,8-9H2,1-2H3,(H,25,29)(H,26,30)(H,31,32)(H4,22,23,24). The predicted octanol–water partition coefficient (Wildman–Crippen LogP) is 2.00. The summed E-state index contributed by atoms with van der Waals surface area (Å²) in [6.07, 6.45) is 1.67. The number of fused-ring (bicyclic) bond motifs is 1. The highest BCUT2D eigenvalue weighted by Gasteiger charge is 2.17. The molecular weight excluding hydrogens is 414 g/mol. The Morgan fingerprint density at radius 3 is 2.56 bits per heavy atom. The van der Waals surface area contributed by atoms with Gasteiger partial charge in [0.2, 0.25) is 5.91 Å². The summed E-state index contributed by atoms with van der Waals surface area (Å²) in [4.78, 5) is 38.9. The quantitative estimate of drug-likeness (QED) is 0.208. The number of rotatable bonds is 8. The number of nitrogens with one attached hydrogen (secondary N) is 5. The van der Waals surface area contributed by atoms with Gasteiger partial charge in [-0.1, -0.05) is 19.9 Å². The van der Waals surface area contributed by atoms with Crippen molar-refractivity contribution < 1.29 is 19.5 Å². The Kier molecular flexibility index (Phi) is 6.47. The average Bonchev–Trinajstić information content (AvgIpc) is 3.29. The number of anilines is 2. The van der Waals surface area contributed by atoms with Gasteiger partial charge in [0.05, 0.1) is 12.2 Å². The highest BCUT2D eigenvalue weighted by Crippen LogP contribution is 2.22. The van der Waals surface area contributed by atoms with Gasteiger partial charge in [-0.15, -0.1) is 0 Å². The lowest BCUT2D eigenvalue weighted by atomic mass is 10.2. The number of aromatic nitrogens is 2. The molecule has 0 unspecified atom stereocenters. The molecular formula is C21H25N7O4. The zero-order chi connectivity index (χ0) is 23.4. The van der Waals surface area contributed by atoms with Crippen LogP contribution in [-0.2, 0) is 11.3 Å². The van der Waals surface area contributed by atoms with Gasteiger partial charge in [0.1, 0.15) is 11.4 Å². The normalized spacial score (nSPS) is 10.8. The van der Waals surface area contributed by atoms with Crippen LogP contribution in [0.1, 0.15) is 34.8 Å². The largest absolute Gasteiger partial charge is 0.477 e. The van der Waals surface area contributed by atoms with E-state index >= 15 is 0 Å². The molecule has 8 N–H and O–H groups in total. The number of guanidine groups is 1. The zero-order valence-corrected chi connectivity index (χ0v) is 17.7. The molecule has 2 amide bonds. The Bertz CT molecular complexity index is 1190. The maximum Gasteiger partial charge on any atom is 0.352 e. The van der Waals surface area contributed by atoms with Crippen LogP contribution in [0.4, 0.5) is 11.4 Å². The summed E-state index contributed by atoms with van der Waals surface area (Å²) in [7, 11) is 0. The fourth-order valence-corrected chi connectivity index (χ4v) is 3.21. The van der Waals surface area contributed by atoms with Crippen molar-refractivity contribution >= 4 is 46.0 Å². The summed E-state index contributed by atoms with van der Waals surface area (Å²) < 4.78 is 1.75. The van der Waals surface area contributed by atoms with Crippen molar-refractivity contribution in [3.63, 3.8) is 0 Å². The first-order valence-electron chi connectivity index (χ1n) is 9.87. The average molecular weight is 439 g/mol. The van der Waals surface area contributed by atoms with Crippen LogP contribution in [0.5, 0.6) is 0 Å². The number of carboxylic acids is 1. The number of benzene rings is 1. The lowest BCUT2D eigenvalue weighted by Crippen LogP contribution is -2.36. The van der Waals surface area contributed by atoms with E-state index in [1.165, 1.54) is 6.07 Å². The first-order chi connectivity index (χ1) is 15.1. The van der Waals surface area contributed by atoms with Crippen LogP contribution in [0.25, 0.3) is 10.9 Å². The summed E-state index contributed by atoms with van der Waals surface area (Å²) in [5.41, 5.74) is 7.13. The molecule has 2 heterocycles. The Morgan fingerprint density at radius 2 is 1.91 bits per heavy atom. The number of carbonyl (C=O) groups excluding carboxylic acids is 2. The van der Waals surface area contributed by atoms with Crippen molar-refractivity contribution in [2.75, 3.05) is 17.2 Å². The molecule has 0 bridgehead atoms. The van der Waals surface area contributed by atoms with Crippen LogP contribution in [0.2, 0.25) is 0 Å². The van der Waals surface area contributed by atoms with Crippen LogP contribution in [0.15, 0.2) is 36.5 Å². The monoisotopic (exact) mass is 439 g/mol. The van der Waals surface area contributed by atoms with E-state index < -0.39 is 11.9 Å². The van der Waals surface area contributed by atoms with Gasteiger partial charge in [-0.05, 0) is 30.2 Å². The molecule has 0 fully saturated rings. The third-order valence-electron chi connectivity index (χ3n) is 4.52. The minimum Gasteiger partial charge on any atom is -0.477 e. The molecule has 168 valence electrons. The smallest absolute Gasteiger partial charge is 0.352 e. The second kappa shape index (κ2) is 9.25. The summed E-state index contributed by atoms with van der Waals surface area (Å²) in [5.74, 6) is -1.90. The van der Waals surface area contributed by atoms with Gasteiger partial charge in [-0.25, -0.2) is 4.79 Å². The third-order valence-corrected chi connectivity index (χ3v) is 4.52. The summed E-state index contributed by atoms with van der Waals surface area (Å²) in [5, 5.41) is 24.9. The van der Waals surface area contributed by atoms with Crippen molar-refractivity contribution in [1.29, 1.82) is 5.41 Å². The van der Waals surface area contributed by atoms with Crippen molar-refractivity contribution in [2.24, 2.45) is 11.7 Å². The zero-order valence-electron chi connectivity index (χ0n) is 17.7. The molecule has 3 rings (SSSR count). The number of H-pyrrole nitrogens is 1. The minimum absolute atomic E-state index is 0.0638. The third kappa shape index (κ3) is 5.45. The number of carboxylic acid groups (broad SMARTS) is 1. The first-order valence-corrected chi connectivity index (χ1v) is 9.87. The van der Waals surface area contributed by atoms with E-state index in [9.17, 15) is 14.4 Å². The number of hydrogen-bond donors (Lipinski definition) is 7. The van der Waals surface area contributed by atoms with E-state index in [0.29, 0.717) is 34.5 Å². The second-order valence-electron chi connectivity index (χ2n) is 7.72. The van der Waals surface area contributed by atoms with Gasteiger partial charge in [-0.3, -0.25) is 15.0 Å². The highest BCUT2D eigenvalue weighted by atomic mass is 16.4. The van der Waals surface area contributed by atoms with E-state index in [1.54, 1.807) is 35.0 Å². The molecule has 0 saturated heterocycles. The number of carbonyl (C=O) groups is 3. The van der Waals surface area contributed by atoms with Gasteiger partial charge < -0.3 is 36.3 Å². The van der Waals surface area contributed by atoms with Gasteiger partial charge in [0, 0.05) is 29.3 Å². The summed E-state index contributed by atoms with van der Waals surface area (Å²) in [6.45, 7) is 4.41. The van der Waals surface area contributed by atoms with Crippen molar-refractivity contribution in [1.82, 2.24) is 14.9 Å². The Labute approximate surface area is 183 Å². The van der Waals surface area contributed by atoms with Crippen LogP contribution in [0, 0.1) is 11.3 Å². The molecule has 11 heteroatoms. The van der Waals surface area contributed by atoms with E-state index in [2.05, 4.69) is 20.9 Å². The number of aromatic carboxylic acids is 1. The second-order valence-corrected chi connectivity index (χ2v) is 7.72. The molecule has 2 aromatic heterocycles. The Morgan fingerprint density at radius 1 is 1.16 bits per heavy atom. The van der Waals surface area contributed by atoms with Gasteiger partial charge in [0.15, 0.2) is 5.96 Å². The van der Waals surface area contributed by atoms with Crippen LogP contribution < -0.4 is 21.7 Å². The van der Waals surface area contributed by atoms with Crippen molar-refractivity contribution in [3.8, 4) is 0 Å².